The van der Waals surface area contributed by atoms with Gasteiger partial charge in [0.1, 0.15) is 6.61 Å². The molecule has 0 spiro atoms. The van der Waals surface area contributed by atoms with Crippen LogP contribution in [-0.4, -0.2) is 18.2 Å². The SMILES string of the molecule is COc1cc(CNc2ccc(Cl)c(C(=O)O)c2)ccc1OCc1ccccc1Cl. The average Bonchev–Trinajstić information content (AvgIpc) is 2.72. The molecule has 0 heterocycles. The molecule has 0 unspecified atom stereocenters. The predicted molar refractivity (Wildman–Crippen MR) is 115 cm³/mol. The third kappa shape index (κ3) is 5.34. The van der Waals surface area contributed by atoms with Crippen molar-refractivity contribution in [2.75, 3.05) is 12.4 Å². The number of ether oxygens (including phenoxy) is 2. The summed E-state index contributed by atoms with van der Waals surface area (Å²) in [6.45, 7) is 0.804. The Morgan fingerprint density at radius 1 is 1.00 bits per heavy atom. The van der Waals surface area contributed by atoms with Crippen LogP contribution < -0.4 is 14.8 Å². The number of aromatic carboxylic acids is 1. The molecule has 0 aromatic heterocycles. The molecule has 3 rings (SSSR count). The maximum absolute atomic E-state index is 11.2. The van der Waals surface area contributed by atoms with Crippen molar-refractivity contribution < 1.29 is 19.4 Å². The molecule has 2 N–H and O–H groups in total. The quantitative estimate of drug-likeness (QED) is 0.465. The summed E-state index contributed by atoms with van der Waals surface area (Å²) in [4.78, 5) is 11.2. The van der Waals surface area contributed by atoms with Crippen LogP contribution in [0.5, 0.6) is 11.5 Å². The minimum atomic E-state index is -1.07. The van der Waals surface area contributed by atoms with E-state index in [-0.39, 0.29) is 10.6 Å². The molecule has 0 fully saturated rings. The fourth-order valence-corrected chi connectivity index (χ4v) is 3.10. The Morgan fingerprint density at radius 3 is 2.52 bits per heavy atom. The highest BCUT2D eigenvalue weighted by molar-refractivity contribution is 6.33. The number of carbonyl (C=O) groups is 1. The summed E-state index contributed by atoms with van der Waals surface area (Å²) < 4.78 is 11.3. The van der Waals surface area contributed by atoms with Gasteiger partial charge in [-0.15, -0.1) is 0 Å². The zero-order valence-electron chi connectivity index (χ0n) is 15.6. The second-order valence-electron chi connectivity index (χ2n) is 6.22. The van der Waals surface area contributed by atoms with Gasteiger partial charge in [0.15, 0.2) is 11.5 Å². The molecular formula is C22H19Cl2NO4. The highest BCUT2D eigenvalue weighted by Gasteiger charge is 2.10. The van der Waals surface area contributed by atoms with E-state index in [4.69, 9.17) is 32.7 Å². The van der Waals surface area contributed by atoms with Crippen LogP contribution in [0.4, 0.5) is 5.69 Å². The smallest absolute Gasteiger partial charge is 0.337 e. The first-order chi connectivity index (χ1) is 14.0. The predicted octanol–water partition coefficient (Wildman–Crippen LogP) is 5.89. The summed E-state index contributed by atoms with van der Waals surface area (Å²) in [5.74, 6) is 0.134. The monoisotopic (exact) mass is 431 g/mol. The van der Waals surface area contributed by atoms with Crippen molar-refractivity contribution in [3.05, 3.63) is 87.4 Å². The molecule has 5 nitrogen and oxygen atoms in total. The molecule has 7 heteroatoms. The fraction of sp³-hybridized carbons (Fsp3) is 0.136. The number of benzene rings is 3. The van der Waals surface area contributed by atoms with Gasteiger partial charge in [0.05, 0.1) is 17.7 Å². The first-order valence-corrected chi connectivity index (χ1v) is 9.53. The van der Waals surface area contributed by atoms with E-state index < -0.39 is 5.97 Å². The van der Waals surface area contributed by atoms with E-state index in [1.807, 2.05) is 42.5 Å². The molecule has 0 bridgehead atoms. The Kier molecular flexibility index (Phi) is 6.86. The Balaban J connectivity index is 1.68. The van der Waals surface area contributed by atoms with E-state index in [2.05, 4.69) is 5.32 Å². The molecule has 0 amide bonds. The zero-order chi connectivity index (χ0) is 20.8. The zero-order valence-corrected chi connectivity index (χ0v) is 17.1. The second-order valence-corrected chi connectivity index (χ2v) is 7.03. The Morgan fingerprint density at radius 2 is 1.79 bits per heavy atom. The van der Waals surface area contributed by atoms with Crippen molar-refractivity contribution in [2.24, 2.45) is 0 Å². The highest BCUT2D eigenvalue weighted by atomic mass is 35.5. The van der Waals surface area contributed by atoms with Gasteiger partial charge in [0, 0.05) is 22.8 Å². The van der Waals surface area contributed by atoms with Crippen molar-refractivity contribution in [2.45, 2.75) is 13.2 Å². The van der Waals surface area contributed by atoms with Crippen LogP contribution in [0.2, 0.25) is 10.0 Å². The molecule has 29 heavy (non-hydrogen) atoms. The molecule has 3 aromatic rings. The van der Waals surface area contributed by atoms with Crippen LogP contribution >= 0.6 is 23.2 Å². The van der Waals surface area contributed by atoms with Crippen LogP contribution in [0, 0.1) is 0 Å². The van der Waals surface area contributed by atoms with Crippen LogP contribution in [-0.2, 0) is 13.2 Å². The largest absolute Gasteiger partial charge is 0.493 e. The number of hydrogen-bond acceptors (Lipinski definition) is 4. The lowest BCUT2D eigenvalue weighted by atomic mass is 10.1. The number of hydrogen-bond donors (Lipinski definition) is 2. The number of carboxylic acid groups (broad SMARTS) is 1. The van der Waals surface area contributed by atoms with Crippen LogP contribution in [0.3, 0.4) is 0 Å². The minimum Gasteiger partial charge on any atom is -0.493 e. The van der Waals surface area contributed by atoms with Crippen LogP contribution in [0.1, 0.15) is 21.5 Å². The summed E-state index contributed by atoms with van der Waals surface area (Å²) in [5.41, 5.74) is 2.54. The van der Waals surface area contributed by atoms with Gasteiger partial charge in [0.2, 0.25) is 0 Å². The van der Waals surface area contributed by atoms with E-state index >= 15 is 0 Å². The fourth-order valence-electron chi connectivity index (χ4n) is 2.72. The Labute approximate surface area is 178 Å². The van der Waals surface area contributed by atoms with Crippen molar-refractivity contribution in [1.82, 2.24) is 0 Å². The van der Waals surface area contributed by atoms with Gasteiger partial charge in [0.25, 0.3) is 0 Å². The number of methoxy groups -OCH3 is 1. The van der Waals surface area contributed by atoms with Gasteiger partial charge < -0.3 is 19.9 Å². The van der Waals surface area contributed by atoms with Crippen LogP contribution in [0.25, 0.3) is 0 Å². The maximum atomic E-state index is 11.2. The Hall–Kier alpha value is -2.89. The molecule has 0 radical (unpaired) electrons. The standard InChI is InChI=1S/C22H19Cl2NO4/c1-28-21-10-14(12-25-16-7-8-19(24)17(11-16)22(26)27)6-9-20(21)29-13-15-4-2-3-5-18(15)23/h2-11,25H,12-13H2,1H3,(H,26,27). The number of carboxylic acids is 1. The number of rotatable bonds is 8. The first kappa shape index (κ1) is 20.8. The first-order valence-electron chi connectivity index (χ1n) is 8.77. The van der Waals surface area contributed by atoms with E-state index in [1.165, 1.54) is 6.07 Å². The van der Waals surface area contributed by atoms with Gasteiger partial charge in [-0.25, -0.2) is 4.79 Å². The molecule has 0 saturated carbocycles. The molecule has 0 aliphatic rings. The third-order valence-electron chi connectivity index (χ3n) is 4.26. The summed E-state index contributed by atoms with van der Waals surface area (Å²) >= 11 is 12.1. The van der Waals surface area contributed by atoms with Crippen molar-refractivity contribution in [3.8, 4) is 11.5 Å². The maximum Gasteiger partial charge on any atom is 0.337 e. The van der Waals surface area contributed by atoms with Crippen LogP contribution in [0.15, 0.2) is 60.7 Å². The number of nitrogens with one attached hydrogen (secondary N) is 1. The Bertz CT molecular complexity index is 1020. The van der Waals surface area contributed by atoms with Gasteiger partial charge in [-0.1, -0.05) is 47.5 Å². The summed E-state index contributed by atoms with van der Waals surface area (Å²) in [7, 11) is 1.58. The van der Waals surface area contributed by atoms with E-state index in [0.717, 1.165) is 11.1 Å². The van der Waals surface area contributed by atoms with E-state index in [1.54, 1.807) is 19.2 Å². The normalized spacial score (nSPS) is 10.4. The minimum absolute atomic E-state index is 0.0533. The van der Waals surface area contributed by atoms with Gasteiger partial charge >= 0.3 is 5.97 Å². The van der Waals surface area contributed by atoms with Crippen molar-refractivity contribution >= 4 is 34.9 Å². The molecule has 0 saturated heterocycles. The number of anilines is 1. The third-order valence-corrected chi connectivity index (χ3v) is 4.96. The van der Waals surface area contributed by atoms with Crippen molar-refractivity contribution in [3.63, 3.8) is 0 Å². The molecule has 0 atom stereocenters. The van der Waals surface area contributed by atoms with Gasteiger partial charge in [-0.2, -0.15) is 0 Å². The molecule has 150 valence electrons. The lowest BCUT2D eigenvalue weighted by molar-refractivity contribution is 0.0697. The van der Waals surface area contributed by atoms with Crippen molar-refractivity contribution in [1.29, 1.82) is 0 Å². The van der Waals surface area contributed by atoms with Gasteiger partial charge in [-0.05, 0) is 42.0 Å². The second kappa shape index (κ2) is 9.54. The van der Waals surface area contributed by atoms with E-state index in [0.29, 0.717) is 35.4 Å². The topological polar surface area (TPSA) is 67.8 Å². The molecule has 0 aliphatic carbocycles. The average molecular weight is 432 g/mol. The summed E-state index contributed by atoms with van der Waals surface area (Å²) in [6, 6.07) is 17.9. The summed E-state index contributed by atoms with van der Waals surface area (Å²) in [5, 5.41) is 13.2. The summed E-state index contributed by atoms with van der Waals surface area (Å²) in [6.07, 6.45) is 0. The van der Waals surface area contributed by atoms with Gasteiger partial charge in [-0.3, -0.25) is 0 Å². The number of halogens is 2. The lowest BCUT2D eigenvalue weighted by Crippen LogP contribution is -2.04. The highest BCUT2D eigenvalue weighted by Crippen LogP contribution is 2.30. The van der Waals surface area contributed by atoms with E-state index in [9.17, 15) is 9.90 Å². The molecular weight excluding hydrogens is 413 g/mol. The lowest BCUT2D eigenvalue weighted by Gasteiger charge is -2.14. The molecule has 0 aliphatic heterocycles. The molecule has 3 aromatic carbocycles.